The number of carbonyl (C=O) groups excluding carboxylic acids is 2. The molecular formula is C23H25N3O3. The van der Waals surface area contributed by atoms with Gasteiger partial charge in [-0.15, -0.1) is 0 Å². The first kappa shape index (κ1) is 18.2. The third-order valence-electron chi connectivity index (χ3n) is 6.64. The maximum atomic E-state index is 12.9. The lowest BCUT2D eigenvalue weighted by Gasteiger charge is -2.36. The van der Waals surface area contributed by atoms with Crippen LogP contribution in [0.25, 0.3) is 0 Å². The second-order valence-electron chi connectivity index (χ2n) is 8.36. The van der Waals surface area contributed by atoms with Crippen molar-refractivity contribution in [2.75, 3.05) is 18.0 Å². The molecule has 0 bridgehead atoms. The summed E-state index contributed by atoms with van der Waals surface area (Å²) in [6.45, 7) is 1.81. The third kappa shape index (κ3) is 3.26. The first-order valence-electron chi connectivity index (χ1n) is 10.4. The minimum Gasteiger partial charge on any atom is -0.450 e. The zero-order chi connectivity index (χ0) is 19.8. The Morgan fingerprint density at radius 2 is 1.93 bits per heavy atom. The van der Waals surface area contributed by atoms with Crippen molar-refractivity contribution >= 4 is 17.6 Å². The van der Waals surface area contributed by atoms with Gasteiger partial charge in [-0.2, -0.15) is 0 Å². The SMILES string of the molecule is O=C1O[C@]2(CC[C@@H](C(=O)N[C@H]3CCN(c4ccccc4)C3)CC2)c2cnccc21. The number of aromatic nitrogens is 1. The molecular weight excluding hydrogens is 366 g/mol. The highest BCUT2D eigenvalue weighted by atomic mass is 16.6. The summed E-state index contributed by atoms with van der Waals surface area (Å²) in [6, 6.07) is 12.2. The van der Waals surface area contributed by atoms with E-state index < -0.39 is 5.60 Å². The highest BCUT2D eigenvalue weighted by molar-refractivity contribution is 5.94. The van der Waals surface area contributed by atoms with E-state index in [0.29, 0.717) is 18.4 Å². The van der Waals surface area contributed by atoms with Crippen molar-refractivity contribution in [2.24, 2.45) is 5.92 Å². The Morgan fingerprint density at radius 3 is 2.72 bits per heavy atom. The molecule has 6 heteroatoms. The van der Waals surface area contributed by atoms with Crippen LogP contribution in [-0.2, 0) is 15.1 Å². The monoisotopic (exact) mass is 391 g/mol. The first-order valence-corrected chi connectivity index (χ1v) is 10.4. The molecule has 2 aromatic rings. The van der Waals surface area contributed by atoms with Gasteiger partial charge in [0, 0.05) is 48.7 Å². The van der Waals surface area contributed by atoms with Gasteiger partial charge in [-0.25, -0.2) is 4.79 Å². The van der Waals surface area contributed by atoms with Crippen LogP contribution in [-0.4, -0.2) is 36.0 Å². The lowest BCUT2D eigenvalue weighted by molar-refractivity contribution is -0.128. The molecule has 1 saturated heterocycles. The zero-order valence-electron chi connectivity index (χ0n) is 16.3. The molecule has 1 amide bonds. The average Bonchev–Trinajstić information content (AvgIpc) is 3.33. The fraction of sp³-hybridized carbons (Fsp3) is 0.435. The number of anilines is 1. The maximum Gasteiger partial charge on any atom is 0.339 e. The Balaban J connectivity index is 1.18. The van der Waals surface area contributed by atoms with Gasteiger partial charge in [0.15, 0.2) is 0 Å². The summed E-state index contributed by atoms with van der Waals surface area (Å²) in [5, 5.41) is 3.25. The smallest absolute Gasteiger partial charge is 0.339 e. The van der Waals surface area contributed by atoms with Crippen LogP contribution in [0.3, 0.4) is 0 Å². The number of hydrogen-bond donors (Lipinski definition) is 1. The molecule has 1 saturated carbocycles. The minimum absolute atomic E-state index is 0.0224. The molecule has 1 spiro atoms. The van der Waals surface area contributed by atoms with Crippen LogP contribution in [0.2, 0.25) is 0 Å². The normalized spacial score (nSPS) is 28.3. The van der Waals surface area contributed by atoms with Crippen LogP contribution >= 0.6 is 0 Å². The van der Waals surface area contributed by atoms with Crippen molar-refractivity contribution in [1.29, 1.82) is 0 Å². The number of nitrogens with zero attached hydrogens (tertiary/aromatic N) is 2. The van der Waals surface area contributed by atoms with E-state index in [1.54, 1.807) is 18.5 Å². The van der Waals surface area contributed by atoms with E-state index in [1.165, 1.54) is 5.69 Å². The molecule has 2 aliphatic heterocycles. The Bertz CT molecular complexity index is 922. The molecule has 1 aromatic heterocycles. The number of pyridine rings is 1. The van der Waals surface area contributed by atoms with E-state index >= 15 is 0 Å². The van der Waals surface area contributed by atoms with Crippen LogP contribution < -0.4 is 10.2 Å². The highest BCUT2D eigenvalue weighted by Gasteiger charge is 2.48. The Labute approximate surface area is 170 Å². The second kappa shape index (κ2) is 7.17. The van der Waals surface area contributed by atoms with Crippen LogP contribution in [0.15, 0.2) is 48.8 Å². The summed E-state index contributed by atoms with van der Waals surface area (Å²) in [7, 11) is 0. The standard InChI is InChI=1S/C23H25N3O3/c27-21(25-17-9-13-26(15-17)18-4-2-1-3-5-18)16-6-10-23(11-7-16)20-14-24-12-8-19(20)22(28)29-23/h1-5,8,12,14,16-17H,6-7,9-11,13,15H2,(H,25,27)/t16-,17-,23+/m0/s1. The molecule has 1 atom stereocenters. The van der Waals surface area contributed by atoms with Crippen LogP contribution in [0.1, 0.15) is 48.0 Å². The van der Waals surface area contributed by atoms with Crippen LogP contribution in [0.4, 0.5) is 5.69 Å². The number of para-hydroxylation sites is 1. The topological polar surface area (TPSA) is 71.5 Å². The predicted octanol–water partition coefficient (Wildman–Crippen LogP) is 3.03. The van der Waals surface area contributed by atoms with Crippen molar-refractivity contribution in [3.05, 3.63) is 59.9 Å². The number of amides is 1. The summed E-state index contributed by atoms with van der Waals surface area (Å²) in [5.74, 6) is -0.154. The van der Waals surface area contributed by atoms with Gasteiger partial charge in [-0.3, -0.25) is 9.78 Å². The highest BCUT2D eigenvalue weighted by Crippen LogP contribution is 2.47. The van der Waals surface area contributed by atoms with Gasteiger partial charge in [-0.1, -0.05) is 18.2 Å². The number of esters is 1. The number of nitrogens with one attached hydrogen (secondary N) is 1. The minimum atomic E-state index is -0.588. The molecule has 29 heavy (non-hydrogen) atoms. The lowest BCUT2D eigenvalue weighted by atomic mass is 9.75. The van der Waals surface area contributed by atoms with E-state index in [9.17, 15) is 9.59 Å². The molecule has 150 valence electrons. The number of ether oxygens (including phenoxy) is 1. The van der Waals surface area contributed by atoms with E-state index in [1.807, 2.05) is 18.2 Å². The number of carbonyl (C=O) groups is 2. The molecule has 1 N–H and O–H groups in total. The molecule has 2 fully saturated rings. The van der Waals surface area contributed by atoms with E-state index in [2.05, 4.69) is 27.3 Å². The average molecular weight is 391 g/mol. The van der Waals surface area contributed by atoms with Gasteiger partial charge >= 0.3 is 5.97 Å². The molecule has 0 radical (unpaired) electrons. The quantitative estimate of drug-likeness (QED) is 0.815. The van der Waals surface area contributed by atoms with Crippen LogP contribution in [0, 0.1) is 5.92 Å². The molecule has 1 aliphatic carbocycles. The van der Waals surface area contributed by atoms with E-state index in [-0.39, 0.29) is 23.8 Å². The molecule has 0 unspecified atom stereocenters. The van der Waals surface area contributed by atoms with Crippen molar-refractivity contribution in [1.82, 2.24) is 10.3 Å². The second-order valence-corrected chi connectivity index (χ2v) is 8.36. The third-order valence-corrected chi connectivity index (χ3v) is 6.64. The first-order chi connectivity index (χ1) is 14.1. The maximum absolute atomic E-state index is 12.9. The molecule has 6 nitrogen and oxygen atoms in total. The van der Waals surface area contributed by atoms with Crippen molar-refractivity contribution in [3.8, 4) is 0 Å². The predicted molar refractivity (Wildman–Crippen MR) is 108 cm³/mol. The van der Waals surface area contributed by atoms with Crippen molar-refractivity contribution in [2.45, 2.75) is 43.7 Å². The summed E-state index contributed by atoms with van der Waals surface area (Å²) >= 11 is 0. The largest absolute Gasteiger partial charge is 0.450 e. The summed E-state index contributed by atoms with van der Waals surface area (Å²) in [6.07, 6.45) is 7.14. The van der Waals surface area contributed by atoms with Gasteiger partial charge < -0.3 is 15.0 Å². The number of benzene rings is 1. The Kier molecular flexibility index (Phi) is 4.49. The van der Waals surface area contributed by atoms with Gasteiger partial charge in [0.05, 0.1) is 5.56 Å². The molecule has 1 aromatic carbocycles. The van der Waals surface area contributed by atoms with Gasteiger partial charge in [0.1, 0.15) is 5.60 Å². The van der Waals surface area contributed by atoms with Crippen LogP contribution in [0.5, 0.6) is 0 Å². The Morgan fingerprint density at radius 1 is 1.14 bits per heavy atom. The summed E-state index contributed by atoms with van der Waals surface area (Å²) in [4.78, 5) is 31.6. The molecule has 3 heterocycles. The van der Waals surface area contributed by atoms with Crippen molar-refractivity contribution < 1.29 is 14.3 Å². The number of hydrogen-bond acceptors (Lipinski definition) is 5. The number of rotatable bonds is 3. The summed E-state index contributed by atoms with van der Waals surface area (Å²) in [5.41, 5.74) is 2.13. The number of fused-ring (bicyclic) bond motifs is 2. The summed E-state index contributed by atoms with van der Waals surface area (Å²) < 4.78 is 5.77. The van der Waals surface area contributed by atoms with Gasteiger partial charge in [0.2, 0.25) is 5.91 Å². The lowest BCUT2D eigenvalue weighted by Crippen LogP contribution is -2.43. The fourth-order valence-corrected chi connectivity index (χ4v) is 5.01. The van der Waals surface area contributed by atoms with E-state index in [0.717, 1.165) is 37.9 Å². The zero-order valence-corrected chi connectivity index (χ0v) is 16.3. The Hall–Kier alpha value is -2.89. The van der Waals surface area contributed by atoms with Gasteiger partial charge in [0.25, 0.3) is 0 Å². The van der Waals surface area contributed by atoms with Gasteiger partial charge in [-0.05, 0) is 50.3 Å². The fourth-order valence-electron chi connectivity index (χ4n) is 5.01. The molecule has 3 aliphatic rings. The van der Waals surface area contributed by atoms with E-state index in [4.69, 9.17) is 4.74 Å². The van der Waals surface area contributed by atoms with Crippen molar-refractivity contribution in [3.63, 3.8) is 0 Å². The molecule has 5 rings (SSSR count).